The van der Waals surface area contributed by atoms with Crippen LogP contribution in [0.3, 0.4) is 0 Å². The molecule has 5 rings (SSSR count). The number of aromatic nitrogens is 5. The maximum absolute atomic E-state index is 5.74. The van der Waals surface area contributed by atoms with Crippen molar-refractivity contribution in [1.82, 2.24) is 24.6 Å². The molecule has 5 aromatic rings. The Morgan fingerprint density at radius 3 is 2.72 bits per heavy atom. The molecule has 0 radical (unpaired) electrons. The zero-order chi connectivity index (χ0) is 20.0. The van der Waals surface area contributed by atoms with Crippen LogP contribution in [0, 0.1) is 20.8 Å². The SMILES string of the molecule is Cc1ccc(-c2nc(CSc3nc4ccccc4c4nc(C)nn34)co2)c(C)c1. The lowest BCUT2D eigenvalue weighted by molar-refractivity contribution is 0.573. The highest BCUT2D eigenvalue weighted by molar-refractivity contribution is 7.98. The van der Waals surface area contributed by atoms with E-state index in [1.807, 2.05) is 35.7 Å². The van der Waals surface area contributed by atoms with Gasteiger partial charge in [0.1, 0.15) is 12.1 Å². The average Bonchev–Trinajstić information content (AvgIpc) is 3.32. The maximum atomic E-state index is 5.74. The first-order valence-electron chi connectivity index (χ1n) is 9.35. The second kappa shape index (κ2) is 7.00. The highest BCUT2D eigenvalue weighted by atomic mass is 32.2. The quantitative estimate of drug-likeness (QED) is 0.306. The summed E-state index contributed by atoms with van der Waals surface area (Å²) in [6.07, 6.45) is 1.71. The van der Waals surface area contributed by atoms with Gasteiger partial charge in [-0.05, 0) is 44.5 Å². The molecule has 144 valence electrons. The molecule has 0 bridgehead atoms. The van der Waals surface area contributed by atoms with Gasteiger partial charge in [-0.15, -0.1) is 5.10 Å². The lowest BCUT2D eigenvalue weighted by Gasteiger charge is -2.05. The van der Waals surface area contributed by atoms with Crippen molar-refractivity contribution in [2.75, 3.05) is 0 Å². The molecule has 0 N–H and O–H groups in total. The molecule has 3 aromatic heterocycles. The van der Waals surface area contributed by atoms with Crippen LogP contribution < -0.4 is 0 Å². The number of rotatable bonds is 4. The van der Waals surface area contributed by atoms with Gasteiger partial charge in [-0.25, -0.2) is 15.0 Å². The van der Waals surface area contributed by atoms with E-state index in [9.17, 15) is 0 Å². The highest BCUT2D eigenvalue weighted by Crippen LogP contribution is 2.28. The lowest BCUT2D eigenvalue weighted by Crippen LogP contribution is -1.98. The molecule has 6 nitrogen and oxygen atoms in total. The molecule has 0 fully saturated rings. The normalized spacial score (nSPS) is 11.6. The molecule has 3 heterocycles. The molecule has 7 heteroatoms. The van der Waals surface area contributed by atoms with Crippen LogP contribution in [0.4, 0.5) is 0 Å². The maximum Gasteiger partial charge on any atom is 0.226 e. The van der Waals surface area contributed by atoms with Gasteiger partial charge in [-0.1, -0.05) is 41.6 Å². The molecular weight excluding hydrogens is 382 g/mol. The zero-order valence-electron chi connectivity index (χ0n) is 16.4. The molecule has 2 aromatic carbocycles. The molecule has 29 heavy (non-hydrogen) atoms. The Morgan fingerprint density at radius 2 is 1.86 bits per heavy atom. The van der Waals surface area contributed by atoms with Crippen LogP contribution in [-0.2, 0) is 5.75 Å². The molecule has 0 atom stereocenters. The smallest absolute Gasteiger partial charge is 0.226 e. The number of nitrogens with zero attached hydrogens (tertiary/aromatic N) is 5. The minimum absolute atomic E-state index is 0.633. The van der Waals surface area contributed by atoms with Crippen LogP contribution in [0.25, 0.3) is 28.0 Å². The van der Waals surface area contributed by atoms with E-state index in [4.69, 9.17) is 9.40 Å². The monoisotopic (exact) mass is 401 g/mol. The van der Waals surface area contributed by atoms with Crippen molar-refractivity contribution in [3.8, 4) is 11.5 Å². The molecule has 0 amide bonds. The summed E-state index contributed by atoms with van der Waals surface area (Å²) in [5.41, 5.74) is 6.00. The van der Waals surface area contributed by atoms with E-state index in [0.29, 0.717) is 11.6 Å². The summed E-state index contributed by atoms with van der Waals surface area (Å²) >= 11 is 1.57. The van der Waals surface area contributed by atoms with E-state index in [2.05, 4.69) is 47.1 Å². The zero-order valence-corrected chi connectivity index (χ0v) is 17.2. The predicted molar refractivity (Wildman–Crippen MR) is 114 cm³/mol. The number of oxazole rings is 1. The summed E-state index contributed by atoms with van der Waals surface area (Å²) in [5.74, 6) is 2.00. The molecule has 0 unspecified atom stereocenters. The van der Waals surface area contributed by atoms with Gasteiger partial charge in [0, 0.05) is 16.7 Å². The van der Waals surface area contributed by atoms with Crippen molar-refractivity contribution in [1.29, 1.82) is 0 Å². The molecular formula is C22H19N5OS. The first kappa shape index (κ1) is 17.9. The summed E-state index contributed by atoms with van der Waals surface area (Å²) < 4.78 is 7.55. The highest BCUT2D eigenvalue weighted by Gasteiger charge is 2.14. The van der Waals surface area contributed by atoms with E-state index in [1.165, 1.54) is 5.56 Å². The third-order valence-electron chi connectivity index (χ3n) is 4.77. The first-order chi connectivity index (χ1) is 14.1. The Balaban J connectivity index is 1.46. The Kier molecular flexibility index (Phi) is 4.32. The predicted octanol–water partition coefficient (Wildman–Crippen LogP) is 5.15. The van der Waals surface area contributed by atoms with Crippen molar-refractivity contribution < 1.29 is 4.42 Å². The molecule has 0 spiro atoms. The van der Waals surface area contributed by atoms with Crippen molar-refractivity contribution in [2.24, 2.45) is 0 Å². The summed E-state index contributed by atoms with van der Waals surface area (Å²) in [4.78, 5) is 14.0. The Bertz CT molecular complexity index is 1350. The van der Waals surface area contributed by atoms with Gasteiger partial charge in [-0.3, -0.25) is 0 Å². The van der Waals surface area contributed by atoms with Gasteiger partial charge in [0.15, 0.2) is 10.8 Å². The molecule has 0 aliphatic rings. The van der Waals surface area contributed by atoms with Gasteiger partial charge in [0.25, 0.3) is 0 Å². The number of fused-ring (bicyclic) bond motifs is 3. The number of hydrogen-bond acceptors (Lipinski definition) is 6. The van der Waals surface area contributed by atoms with Crippen molar-refractivity contribution in [3.63, 3.8) is 0 Å². The molecule has 0 saturated carbocycles. The Hall–Kier alpha value is -3.19. The fourth-order valence-corrected chi connectivity index (χ4v) is 4.24. The van der Waals surface area contributed by atoms with E-state index >= 15 is 0 Å². The second-order valence-electron chi connectivity index (χ2n) is 7.06. The van der Waals surface area contributed by atoms with Crippen LogP contribution in [0.15, 0.2) is 58.3 Å². The molecule has 0 aliphatic heterocycles. The van der Waals surface area contributed by atoms with Gasteiger partial charge in [-0.2, -0.15) is 4.52 Å². The van der Waals surface area contributed by atoms with Gasteiger partial charge in [0.05, 0.1) is 11.2 Å². The number of para-hydroxylation sites is 1. The van der Waals surface area contributed by atoms with Crippen LogP contribution in [0.1, 0.15) is 22.6 Å². The van der Waals surface area contributed by atoms with Gasteiger partial charge in [0.2, 0.25) is 5.89 Å². The van der Waals surface area contributed by atoms with Crippen LogP contribution in [-0.4, -0.2) is 24.6 Å². The minimum atomic E-state index is 0.633. The fraction of sp³-hybridized carbons (Fsp3) is 0.182. The number of aryl methyl sites for hydroxylation is 3. The van der Waals surface area contributed by atoms with Crippen molar-refractivity contribution >= 4 is 28.3 Å². The summed E-state index contributed by atoms with van der Waals surface area (Å²) in [6.45, 7) is 6.05. The Morgan fingerprint density at radius 1 is 1.00 bits per heavy atom. The summed E-state index contributed by atoms with van der Waals surface area (Å²) in [6, 6.07) is 14.3. The summed E-state index contributed by atoms with van der Waals surface area (Å²) in [5, 5.41) is 6.31. The standard InChI is InChI=1S/C22H19N5OS/c1-13-8-9-17(14(2)10-13)21-24-16(11-28-21)12-29-22-25-19-7-5-4-6-18(19)20-23-15(3)26-27(20)22/h4-11H,12H2,1-3H3. The number of thioether (sulfide) groups is 1. The van der Waals surface area contributed by atoms with Crippen LogP contribution in [0.5, 0.6) is 0 Å². The average molecular weight is 401 g/mol. The second-order valence-corrected chi connectivity index (χ2v) is 8.00. The molecule has 0 saturated heterocycles. The first-order valence-corrected chi connectivity index (χ1v) is 10.3. The Labute approximate surface area is 172 Å². The summed E-state index contributed by atoms with van der Waals surface area (Å²) in [7, 11) is 0. The lowest BCUT2D eigenvalue weighted by atomic mass is 10.1. The number of hydrogen-bond donors (Lipinski definition) is 0. The third-order valence-corrected chi connectivity index (χ3v) is 5.73. The van der Waals surface area contributed by atoms with Crippen molar-refractivity contribution in [3.05, 3.63) is 71.4 Å². The molecule has 0 aliphatic carbocycles. The van der Waals surface area contributed by atoms with Gasteiger partial charge < -0.3 is 4.42 Å². The van der Waals surface area contributed by atoms with Crippen molar-refractivity contribution in [2.45, 2.75) is 31.7 Å². The van der Waals surface area contributed by atoms with E-state index in [0.717, 1.165) is 44.4 Å². The minimum Gasteiger partial charge on any atom is -0.444 e. The van der Waals surface area contributed by atoms with E-state index in [-0.39, 0.29) is 0 Å². The topological polar surface area (TPSA) is 69.1 Å². The largest absolute Gasteiger partial charge is 0.444 e. The van der Waals surface area contributed by atoms with Crippen LogP contribution in [0.2, 0.25) is 0 Å². The van der Waals surface area contributed by atoms with E-state index in [1.54, 1.807) is 18.0 Å². The third kappa shape index (κ3) is 3.27. The van der Waals surface area contributed by atoms with Gasteiger partial charge >= 0.3 is 0 Å². The number of benzene rings is 2. The van der Waals surface area contributed by atoms with E-state index < -0.39 is 0 Å². The van der Waals surface area contributed by atoms with Crippen LogP contribution >= 0.6 is 11.8 Å². The fourth-order valence-electron chi connectivity index (χ4n) is 3.42.